The maximum Gasteiger partial charge on any atom is 0.143 e. The molecule has 60 heavy (non-hydrogen) atoms. The Morgan fingerprint density at radius 1 is 0.300 bits per heavy atom. The Bertz CT molecular complexity index is 3280. The molecule has 11 aromatic rings. The third-order valence-corrected chi connectivity index (χ3v) is 11.7. The van der Waals surface area contributed by atoms with Gasteiger partial charge in [-0.1, -0.05) is 182 Å². The van der Waals surface area contributed by atoms with Crippen molar-refractivity contribution >= 4 is 49.8 Å². The zero-order valence-electron chi connectivity index (χ0n) is 32.9. The molecule has 0 fully saturated rings. The third kappa shape index (κ3) is 6.41. The summed E-state index contributed by atoms with van der Waals surface area (Å²) in [6, 6.07) is 84.8. The van der Waals surface area contributed by atoms with Gasteiger partial charge in [0.2, 0.25) is 0 Å². The average molecular weight is 766 g/mol. The van der Waals surface area contributed by atoms with Gasteiger partial charge in [0.05, 0.1) is 11.1 Å². The van der Waals surface area contributed by atoms with E-state index in [0.29, 0.717) is 0 Å². The quantitative estimate of drug-likeness (QED) is 0.153. The van der Waals surface area contributed by atoms with Gasteiger partial charge in [0.15, 0.2) is 0 Å². The van der Waals surface area contributed by atoms with E-state index in [4.69, 9.17) is 4.42 Å². The molecular formula is C58H39NO. The van der Waals surface area contributed by atoms with Gasteiger partial charge in [0.1, 0.15) is 11.2 Å². The van der Waals surface area contributed by atoms with E-state index in [9.17, 15) is 0 Å². The van der Waals surface area contributed by atoms with Gasteiger partial charge in [-0.2, -0.15) is 0 Å². The zero-order chi connectivity index (χ0) is 39.8. The molecule has 0 saturated heterocycles. The van der Waals surface area contributed by atoms with Gasteiger partial charge in [-0.25, -0.2) is 0 Å². The predicted octanol–water partition coefficient (Wildman–Crippen LogP) is 16.5. The van der Waals surface area contributed by atoms with E-state index < -0.39 is 0 Å². The number of rotatable bonds is 8. The lowest BCUT2D eigenvalue weighted by molar-refractivity contribution is 0.672. The first-order chi connectivity index (χ1) is 29.7. The fourth-order valence-electron chi connectivity index (χ4n) is 8.71. The lowest BCUT2D eigenvalue weighted by Crippen LogP contribution is -2.10. The molecule has 0 aliphatic heterocycles. The molecule has 1 heterocycles. The van der Waals surface area contributed by atoms with Gasteiger partial charge in [-0.05, 0) is 116 Å². The van der Waals surface area contributed by atoms with Crippen LogP contribution in [-0.4, -0.2) is 0 Å². The van der Waals surface area contributed by atoms with Gasteiger partial charge in [-0.15, -0.1) is 0 Å². The van der Waals surface area contributed by atoms with E-state index in [1.807, 2.05) is 0 Å². The number of benzene rings is 10. The second-order valence-corrected chi connectivity index (χ2v) is 15.3. The summed E-state index contributed by atoms with van der Waals surface area (Å²) in [5, 5.41) is 4.46. The molecule has 0 saturated carbocycles. The maximum absolute atomic E-state index is 6.70. The van der Waals surface area contributed by atoms with Crippen molar-refractivity contribution in [3.8, 4) is 55.6 Å². The fourth-order valence-corrected chi connectivity index (χ4v) is 8.71. The number of hydrogen-bond acceptors (Lipinski definition) is 2. The molecule has 0 amide bonds. The second kappa shape index (κ2) is 15.1. The first-order valence-electron chi connectivity index (χ1n) is 20.5. The zero-order valence-corrected chi connectivity index (χ0v) is 32.9. The van der Waals surface area contributed by atoms with Crippen LogP contribution >= 0.6 is 0 Å². The Kier molecular flexibility index (Phi) is 8.87. The van der Waals surface area contributed by atoms with E-state index in [2.05, 4.69) is 241 Å². The number of fused-ring (bicyclic) bond motifs is 5. The molecule has 0 N–H and O–H groups in total. The van der Waals surface area contributed by atoms with Crippen LogP contribution in [0.5, 0.6) is 0 Å². The average Bonchev–Trinajstić information content (AvgIpc) is 3.73. The highest BCUT2D eigenvalue weighted by atomic mass is 16.3. The van der Waals surface area contributed by atoms with Crippen molar-refractivity contribution < 1.29 is 4.42 Å². The summed E-state index contributed by atoms with van der Waals surface area (Å²) in [5.41, 5.74) is 16.9. The van der Waals surface area contributed by atoms with Crippen LogP contribution < -0.4 is 4.90 Å². The Labute approximate surface area is 349 Å². The van der Waals surface area contributed by atoms with Gasteiger partial charge in [0, 0.05) is 22.1 Å². The van der Waals surface area contributed by atoms with Crippen LogP contribution in [-0.2, 0) is 0 Å². The number of furan rings is 1. The van der Waals surface area contributed by atoms with Crippen molar-refractivity contribution in [2.75, 3.05) is 4.90 Å². The standard InChI is InChI=1S/C58H39NO/c1-4-14-40(15-5-1)46-21-12-22-47(38-46)42-26-32-49(33-27-42)59(55-24-13-25-56-57(55)53-37-30-44-20-10-11-23-52(44)58(53)60-56)50-34-28-45(29-35-50)51-36-31-48(41-16-6-2-7-17-41)39-54(51)43-18-8-3-9-19-43/h1-39H. The van der Waals surface area contributed by atoms with E-state index in [0.717, 1.165) is 60.9 Å². The normalized spacial score (nSPS) is 11.3. The van der Waals surface area contributed by atoms with Crippen molar-refractivity contribution in [2.45, 2.75) is 0 Å². The van der Waals surface area contributed by atoms with Crippen molar-refractivity contribution in [1.29, 1.82) is 0 Å². The Hall–Kier alpha value is -7.94. The van der Waals surface area contributed by atoms with Crippen LogP contribution in [0.4, 0.5) is 17.1 Å². The molecule has 0 spiro atoms. The monoisotopic (exact) mass is 765 g/mol. The minimum atomic E-state index is 0.862. The van der Waals surface area contributed by atoms with Gasteiger partial charge in [0.25, 0.3) is 0 Å². The summed E-state index contributed by atoms with van der Waals surface area (Å²) in [6.07, 6.45) is 0. The van der Waals surface area contributed by atoms with Crippen molar-refractivity contribution in [3.63, 3.8) is 0 Å². The van der Waals surface area contributed by atoms with Crippen LogP contribution in [0, 0.1) is 0 Å². The van der Waals surface area contributed by atoms with E-state index in [1.165, 1.54) is 44.5 Å². The number of anilines is 3. The van der Waals surface area contributed by atoms with Gasteiger partial charge in [-0.3, -0.25) is 0 Å². The summed E-state index contributed by atoms with van der Waals surface area (Å²) in [5.74, 6) is 0. The molecule has 282 valence electrons. The van der Waals surface area contributed by atoms with Crippen molar-refractivity contribution in [1.82, 2.24) is 0 Å². The van der Waals surface area contributed by atoms with Crippen LogP contribution in [0.15, 0.2) is 241 Å². The molecule has 2 heteroatoms. The maximum atomic E-state index is 6.70. The Morgan fingerprint density at radius 2 is 0.800 bits per heavy atom. The molecule has 1 aromatic heterocycles. The van der Waals surface area contributed by atoms with Crippen LogP contribution in [0.25, 0.3) is 88.3 Å². The summed E-state index contributed by atoms with van der Waals surface area (Å²) in [6.45, 7) is 0. The van der Waals surface area contributed by atoms with Crippen LogP contribution in [0.1, 0.15) is 0 Å². The highest BCUT2D eigenvalue weighted by molar-refractivity contribution is 6.19. The van der Waals surface area contributed by atoms with E-state index in [1.54, 1.807) is 0 Å². The van der Waals surface area contributed by atoms with Crippen molar-refractivity contribution in [2.24, 2.45) is 0 Å². The molecule has 0 radical (unpaired) electrons. The first-order valence-corrected chi connectivity index (χ1v) is 20.5. The topological polar surface area (TPSA) is 16.4 Å². The molecule has 11 rings (SSSR count). The molecule has 2 nitrogen and oxygen atoms in total. The summed E-state index contributed by atoms with van der Waals surface area (Å²) in [7, 11) is 0. The molecule has 0 unspecified atom stereocenters. The number of hydrogen-bond donors (Lipinski definition) is 0. The van der Waals surface area contributed by atoms with E-state index in [-0.39, 0.29) is 0 Å². The first kappa shape index (κ1) is 35.2. The van der Waals surface area contributed by atoms with Gasteiger partial charge >= 0.3 is 0 Å². The van der Waals surface area contributed by atoms with E-state index >= 15 is 0 Å². The summed E-state index contributed by atoms with van der Waals surface area (Å²) in [4.78, 5) is 2.37. The minimum Gasteiger partial charge on any atom is -0.455 e. The molecular weight excluding hydrogens is 727 g/mol. The van der Waals surface area contributed by atoms with Crippen LogP contribution in [0.2, 0.25) is 0 Å². The number of nitrogens with zero attached hydrogens (tertiary/aromatic N) is 1. The van der Waals surface area contributed by atoms with Gasteiger partial charge < -0.3 is 9.32 Å². The summed E-state index contributed by atoms with van der Waals surface area (Å²) < 4.78 is 6.70. The molecule has 0 aliphatic carbocycles. The lowest BCUT2D eigenvalue weighted by atomic mass is 9.91. The highest BCUT2D eigenvalue weighted by Gasteiger charge is 2.21. The highest BCUT2D eigenvalue weighted by Crippen LogP contribution is 2.45. The SMILES string of the molecule is c1ccc(-c2cccc(-c3ccc(N(c4ccc(-c5ccc(-c6ccccc6)cc5-c5ccccc5)cc4)c4cccc5oc6c7ccccc7ccc6c45)cc3)c2)cc1. The largest absolute Gasteiger partial charge is 0.455 e. The Morgan fingerprint density at radius 3 is 1.47 bits per heavy atom. The molecule has 10 aromatic carbocycles. The molecule has 0 aliphatic rings. The smallest absolute Gasteiger partial charge is 0.143 e. The second-order valence-electron chi connectivity index (χ2n) is 15.3. The third-order valence-electron chi connectivity index (χ3n) is 11.7. The molecule has 0 atom stereocenters. The molecule has 0 bridgehead atoms. The summed E-state index contributed by atoms with van der Waals surface area (Å²) >= 11 is 0. The van der Waals surface area contributed by atoms with Crippen molar-refractivity contribution in [3.05, 3.63) is 237 Å². The van der Waals surface area contributed by atoms with Crippen LogP contribution in [0.3, 0.4) is 0 Å². The fraction of sp³-hybridized carbons (Fsp3) is 0. The Balaban J connectivity index is 1.05. The minimum absolute atomic E-state index is 0.862. The lowest BCUT2D eigenvalue weighted by Gasteiger charge is -2.27. The predicted molar refractivity (Wildman–Crippen MR) is 253 cm³/mol.